The fourth-order valence-electron chi connectivity index (χ4n) is 2.89. The first-order chi connectivity index (χ1) is 10.5. The fraction of sp³-hybridized carbons (Fsp3) is 0.625. The van der Waals surface area contributed by atoms with Crippen molar-refractivity contribution in [2.45, 2.75) is 25.7 Å². The smallest absolute Gasteiger partial charge is 0.254 e. The maximum absolute atomic E-state index is 11.9. The first kappa shape index (κ1) is 17.0. The molecular formula is C16H24ClN3O2. The highest BCUT2D eigenvalue weighted by Gasteiger charge is 2.20. The molecule has 122 valence electrons. The summed E-state index contributed by atoms with van der Waals surface area (Å²) in [7, 11) is 3.42. The van der Waals surface area contributed by atoms with Crippen molar-refractivity contribution in [2.24, 2.45) is 5.92 Å². The van der Waals surface area contributed by atoms with Crippen LogP contribution < -0.4 is 4.90 Å². The molecule has 1 N–H and O–H groups in total. The zero-order chi connectivity index (χ0) is 16.1. The molecule has 1 amide bonds. The second-order valence-electron chi connectivity index (χ2n) is 6.03. The summed E-state index contributed by atoms with van der Waals surface area (Å²) in [6.45, 7) is 2.05. The van der Waals surface area contributed by atoms with E-state index in [1.165, 1.54) is 4.90 Å². The van der Waals surface area contributed by atoms with Crippen molar-refractivity contribution < 1.29 is 9.90 Å². The van der Waals surface area contributed by atoms with E-state index in [0.29, 0.717) is 16.5 Å². The maximum atomic E-state index is 11.9. The SMILES string of the molecule is CN(C)C(=O)c1cnc(N2CCCC(CCO)CC2)c(Cl)c1. The van der Waals surface area contributed by atoms with Crippen molar-refractivity contribution in [3.8, 4) is 0 Å². The molecule has 2 rings (SSSR count). The van der Waals surface area contributed by atoms with Crippen LogP contribution in [0.4, 0.5) is 5.82 Å². The molecule has 1 aromatic rings. The molecule has 1 aromatic heterocycles. The van der Waals surface area contributed by atoms with Gasteiger partial charge in [-0.2, -0.15) is 0 Å². The molecule has 0 saturated carbocycles. The molecule has 22 heavy (non-hydrogen) atoms. The summed E-state index contributed by atoms with van der Waals surface area (Å²) < 4.78 is 0. The summed E-state index contributed by atoms with van der Waals surface area (Å²) in [6.07, 6.45) is 5.70. The Balaban J connectivity index is 2.10. The molecule has 0 bridgehead atoms. The third-order valence-electron chi connectivity index (χ3n) is 4.16. The van der Waals surface area contributed by atoms with Crippen LogP contribution in [0.25, 0.3) is 0 Å². The highest BCUT2D eigenvalue weighted by atomic mass is 35.5. The fourth-order valence-corrected chi connectivity index (χ4v) is 3.17. The van der Waals surface area contributed by atoms with Gasteiger partial charge in [0.05, 0.1) is 10.6 Å². The van der Waals surface area contributed by atoms with E-state index in [4.69, 9.17) is 16.7 Å². The number of hydrogen-bond acceptors (Lipinski definition) is 4. The molecule has 1 saturated heterocycles. The molecule has 6 heteroatoms. The predicted molar refractivity (Wildman–Crippen MR) is 88.5 cm³/mol. The molecule has 0 spiro atoms. The molecule has 1 aliphatic heterocycles. The first-order valence-electron chi connectivity index (χ1n) is 7.76. The quantitative estimate of drug-likeness (QED) is 0.923. The van der Waals surface area contributed by atoms with Gasteiger partial charge in [0.25, 0.3) is 5.91 Å². The average molecular weight is 326 g/mol. The number of pyridine rings is 1. The summed E-state index contributed by atoms with van der Waals surface area (Å²) in [5.41, 5.74) is 0.506. The molecule has 0 aliphatic carbocycles. The minimum atomic E-state index is -0.0974. The third-order valence-corrected chi connectivity index (χ3v) is 4.44. The number of aliphatic hydroxyl groups is 1. The van der Waals surface area contributed by atoms with Crippen molar-refractivity contribution in [1.29, 1.82) is 0 Å². The largest absolute Gasteiger partial charge is 0.396 e. The van der Waals surface area contributed by atoms with Gasteiger partial charge in [0.1, 0.15) is 5.82 Å². The van der Waals surface area contributed by atoms with Gasteiger partial charge in [-0.1, -0.05) is 11.6 Å². The van der Waals surface area contributed by atoms with Crippen molar-refractivity contribution in [1.82, 2.24) is 9.88 Å². The number of rotatable bonds is 4. The Morgan fingerprint density at radius 1 is 1.45 bits per heavy atom. The molecular weight excluding hydrogens is 302 g/mol. The van der Waals surface area contributed by atoms with Gasteiger partial charge in [0.2, 0.25) is 0 Å². The molecule has 0 radical (unpaired) electrons. The Hall–Kier alpha value is -1.33. The number of aliphatic hydroxyl groups excluding tert-OH is 1. The van der Waals surface area contributed by atoms with Crippen LogP contribution in [0, 0.1) is 5.92 Å². The Bertz CT molecular complexity index is 522. The van der Waals surface area contributed by atoms with Gasteiger partial charge in [-0.25, -0.2) is 4.98 Å². The number of carbonyl (C=O) groups is 1. The molecule has 2 heterocycles. The normalized spacial score (nSPS) is 18.9. The Kier molecular flexibility index (Phi) is 6.03. The van der Waals surface area contributed by atoms with E-state index in [1.807, 2.05) is 0 Å². The monoisotopic (exact) mass is 325 g/mol. The predicted octanol–water partition coefficient (Wildman–Crippen LogP) is 2.43. The van der Waals surface area contributed by atoms with Crippen molar-refractivity contribution in [2.75, 3.05) is 38.7 Å². The van der Waals surface area contributed by atoms with Gasteiger partial charge >= 0.3 is 0 Å². The van der Waals surface area contributed by atoms with Crippen molar-refractivity contribution >= 4 is 23.3 Å². The van der Waals surface area contributed by atoms with Crippen LogP contribution in [0.5, 0.6) is 0 Å². The van der Waals surface area contributed by atoms with Crippen LogP contribution in [-0.2, 0) is 0 Å². The lowest BCUT2D eigenvalue weighted by molar-refractivity contribution is 0.0827. The minimum absolute atomic E-state index is 0.0974. The highest BCUT2D eigenvalue weighted by Crippen LogP contribution is 2.28. The average Bonchev–Trinajstić information content (AvgIpc) is 2.72. The van der Waals surface area contributed by atoms with Crippen LogP contribution in [0.3, 0.4) is 0 Å². The van der Waals surface area contributed by atoms with Gasteiger partial charge in [0.15, 0.2) is 0 Å². The molecule has 1 aliphatic rings. The van der Waals surface area contributed by atoms with Crippen molar-refractivity contribution in [3.63, 3.8) is 0 Å². The lowest BCUT2D eigenvalue weighted by Gasteiger charge is -2.23. The summed E-state index contributed by atoms with van der Waals surface area (Å²) in [4.78, 5) is 20.1. The van der Waals surface area contributed by atoms with Gasteiger partial charge in [-0.05, 0) is 37.7 Å². The Morgan fingerprint density at radius 3 is 2.86 bits per heavy atom. The lowest BCUT2D eigenvalue weighted by Crippen LogP contribution is -2.26. The summed E-state index contributed by atoms with van der Waals surface area (Å²) in [5.74, 6) is 1.23. The van der Waals surface area contributed by atoms with Gasteiger partial charge in [0, 0.05) is 40.0 Å². The van der Waals surface area contributed by atoms with E-state index in [2.05, 4.69) is 9.88 Å². The molecule has 1 fully saturated rings. The zero-order valence-corrected chi connectivity index (χ0v) is 14.0. The maximum Gasteiger partial charge on any atom is 0.254 e. The van der Waals surface area contributed by atoms with E-state index in [-0.39, 0.29) is 12.5 Å². The van der Waals surface area contributed by atoms with Crippen LogP contribution in [0.15, 0.2) is 12.3 Å². The van der Waals surface area contributed by atoms with Crippen LogP contribution in [0.2, 0.25) is 5.02 Å². The number of amides is 1. The molecule has 1 unspecified atom stereocenters. The number of nitrogens with zero attached hydrogens (tertiary/aromatic N) is 3. The number of anilines is 1. The number of hydrogen-bond donors (Lipinski definition) is 1. The summed E-state index contributed by atoms with van der Waals surface area (Å²) >= 11 is 6.35. The number of aromatic nitrogens is 1. The van der Waals surface area contributed by atoms with Crippen LogP contribution in [0.1, 0.15) is 36.0 Å². The highest BCUT2D eigenvalue weighted by molar-refractivity contribution is 6.33. The third kappa shape index (κ3) is 4.11. The van der Waals surface area contributed by atoms with E-state index in [9.17, 15) is 4.79 Å². The Labute approximate surface area is 136 Å². The van der Waals surface area contributed by atoms with Gasteiger partial charge in [-0.3, -0.25) is 4.79 Å². The number of halogens is 1. The molecule has 0 aromatic carbocycles. The number of carbonyl (C=O) groups excluding carboxylic acids is 1. The van der Waals surface area contributed by atoms with E-state index in [0.717, 1.165) is 44.6 Å². The van der Waals surface area contributed by atoms with E-state index in [1.54, 1.807) is 26.4 Å². The first-order valence-corrected chi connectivity index (χ1v) is 8.13. The van der Waals surface area contributed by atoms with Crippen LogP contribution >= 0.6 is 11.6 Å². The topological polar surface area (TPSA) is 56.7 Å². The second-order valence-corrected chi connectivity index (χ2v) is 6.43. The second kappa shape index (κ2) is 7.79. The van der Waals surface area contributed by atoms with Gasteiger partial charge in [-0.15, -0.1) is 0 Å². The van der Waals surface area contributed by atoms with E-state index < -0.39 is 0 Å². The summed E-state index contributed by atoms with van der Waals surface area (Å²) in [6, 6.07) is 1.70. The lowest BCUT2D eigenvalue weighted by atomic mass is 9.98. The standard InChI is InChI=1S/C16H24ClN3O2/c1-19(2)16(22)13-10-14(17)15(18-11-13)20-7-3-4-12(5-8-20)6-9-21/h10-12,21H,3-9H2,1-2H3. The van der Waals surface area contributed by atoms with E-state index >= 15 is 0 Å². The molecule has 5 nitrogen and oxygen atoms in total. The molecule has 1 atom stereocenters. The van der Waals surface area contributed by atoms with Crippen molar-refractivity contribution in [3.05, 3.63) is 22.8 Å². The van der Waals surface area contributed by atoms with Crippen LogP contribution in [-0.4, -0.2) is 54.7 Å². The minimum Gasteiger partial charge on any atom is -0.396 e. The van der Waals surface area contributed by atoms with Gasteiger partial charge < -0.3 is 14.9 Å². The summed E-state index contributed by atoms with van der Waals surface area (Å²) in [5, 5.41) is 9.60. The Morgan fingerprint density at radius 2 is 2.23 bits per heavy atom. The zero-order valence-electron chi connectivity index (χ0n) is 13.3.